The Kier molecular flexibility index (Phi) is 4.36. The second kappa shape index (κ2) is 6.24. The molecule has 0 aromatic heterocycles. The quantitative estimate of drug-likeness (QED) is 0.903. The summed E-state index contributed by atoms with van der Waals surface area (Å²) in [6, 6.07) is 8.24. The molecule has 4 nitrogen and oxygen atoms in total. The van der Waals surface area contributed by atoms with Crippen LogP contribution in [-0.2, 0) is 6.54 Å². The molecule has 2 aliphatic rings. The van der Waals surface area contributed by atoms with Gasteiger partial charge in [0.15, 0.2) is 11.5 Å². The molecule has 0 saturated carbocycles. The fraction of sp³-hybridized carbons (Fsp3) is 0.647. The van der Waals surface area contributed by atoms with Gasteiger partial charge in [0.1, 0.15) is 0 Å². The molecule has 0 radical (unpaired) electrons. The summed E-state index contributed by atoms with van der Waals surface area (Å²) >= 11 is 0. The topological polar surface area (TPSA) is 33.7 Å². The normalized spacial score (nSPS) is 27.9. The predicted octanol–water partition coefficient (Wildman–Crippen LogP) is 2.42. The maximum Gasteiger partial charge on any atom is 0.165 e. The molecule has 0 spiro atoms. The van der Waals surface area contributed by atoms with Gasteiger partial charge in [-0.3, -0.25) is 4.90 Å². The maximum atomic E-state index is 5.55. The molecule has 21 heavy (non-hydrogen) atoms. The molecule has 2 heterocycles. The van der Waals surface area contributed by atoms with Gasteiger partial charge < -0.3 is 14.8 Å². The number of nitrogens with one attached hydrogen (secondary N) is 1. The molecule has 2 atom stereocenters. The van der Waals surface area contributed by atoms with E-state index in [1.54, 1.807) is 14.2 Å². The number of methoxy groups -OCH3 is 2. The lowest BCUT2D eigenvalue weighted by Crippen LogP contribution is -2.46. The first-order valence-corrected chi connectivity index (χ1v) is 7.87. The molecule has 0 aliphatic carbocycles. The van der Waals surface area contributed by atoms with Crippen molar-refractivity contribution in [2.24, 2.45) is 0 Å². The SMILES string of the molecule is COc1cccc(CN(C)C2CC3CCC(C2)N3)c1OC. The summed E-state index contributed by atoms with van der Waals surface area (Å²) in [5.41, 5.74) is 1.20. The molecule has 2 unspecified atom stereocenters. The zero-order valence-electron chi connectivity index (χ0n) is 13.3. The summed E-state index contributed by atoms with van der Waals surface area (Å²) in [6.07, 6.45) is 5.22. The number of hydrogen-bond donors (Lipinski definition) is 1. The Morgan fingerprint density at radius 1 is 1.14 bits per heavy atom. The zero-order valence-corrected chi connectivity index (χ0v) is 13.3. The number of para-hydroxylation sites is 1. The van der Waals surface area contributed by atoms with Gasteiger partial charge in [0, 0.05) is 30.2 Å². The van der Waals surface area contributed by atoms with Crippen LogP contribution in [0.2, 0.25) is 0 Å². The van der Waals surface area contributed by atoms with Crippen LogP contribution in [0.3, 0.4) is 0 Å². The highest BCUT2D eigenvalue weighted by atomic mass is 16.5. The van der Waals surface area contributed by atoms with Crippen LogP contribution in [0.15, 0.2) is 18.2 Å². The fourth-order valence-corrected chi connectivity index (χ4v) is 3.86. The van der Waals surface area contributed by atoms with Crippen molar-refractivity contribution in [3.8, 4) is 11.5 Å². The number of ether oxygens (including phenoxy) is 2. The second-order valence-electron chi connectivity index (χ2n) is 6.33. The van der Waals surface area contributed by atoms with E-state index < -0.39 is 0 Å². The maximum absolute atomic E-state index is 5.55. The third-order valence-electron chi connectivity index (χ3n) is 4.98. The van der Waals surface area contributed by atoms with Crippen molar-refractivity contribution in [2.75, 3.05) is 21.3 Å². The summed E-state index contributed by atoms with van der Waals surface area (Å²) in [5, 5.41) is 3.71. The molecule has 2 bridgehead atoms. The van der Waals surface area contributed by atoms with E-state index in [1.807, 2.05) is 12.1 Å². The standard InChI is InChI=1S/C17H26N2O2/c1-19(15-9-13-7-8-14(10-15)18-13)11-12-5-4-6-16(20-2)17(12)21-3/h4-6,13-15,18H,7-11H2,1-3H3. The third-order valence-corrected chi connectivity index (χ3v) is 4.98. The molecule has 3 rings (SSSR count). The lowest BCUT2D eigenvalue weighted by molar-refractivity contribution is 0.164. The molecule has 2 aliphatic heterocycles. The van der Waals surface area contributed by atoms with E-state index >= 15 is 0 Å². The van der Waals surface area contributed by atoms with Gasteiger partial charge in [-0.05, 0) is 38.8 Å². The van der Waals surface area contributed by atoms with Crippen molar-refractivity contribution in [1.29, 1.82) is 0 Å². The highest BCUT2D eigenvalue weighted by Gasteiger charge is 2.35. The predicted molar refractivity (Wildman–Crippen MR) is 84.0 cm³/mol. The van der Waals surface area contributed by atoms with Crippen LogP contribution in [0.4, 0.5) is 0 Å². The van der Waals surface area contributed by atoms with Crippen LogP contribution in [0.1, 0.15) is 31.2 Å². The first-order chi connectivity index (χ1) is 10.2. The average molecular weight is 290 g/mol. The Hall–Kier alpha value is -1.26. The first kappa shape index (κ1) is 14.7. The van der Waals surface area contributed by atoms with E-state index in [2.05, 4.69) is 23.3 Å². The van der Waals surface area contributed by atoms with E-state index in [1.165, 1.54) is 31.2 Å². The summed E-state index contributed by atoms with van der Waals surface area (Å²) in [4.78, 5) is 2.48. The average Bonchev–Trinajstić information content (AvgIpc) is 2.85. The van der Waals surface area contributed by atoms with Crippen molar-refractivity contribution >= 4 is 0 Å². The van der Waals surface area contributed by atoms with Gasteiger partial charge in [0.25, 0.3) is 0 Å². The van der Waals surface area contributed by atoms with E-state index in [0.29, 0.717) is 6.04 Å². The molecular formula is C17H26N2O2. The van der Waals surface area contributed by atoms with Gasteiger partial charge in [0.05, 0.1) is 14.2 Å². The summed E-state index contributed by atoms with van der Waals surface area (Å²) in [7, 11) is 5.64. The van der Waals surface area contributed by atoms with Crippen molar-refractivity contribution in [1.82, 2.24) is 10.2 Å². The Bertz CT molecular complexity index is 480. The molecule has 1 N–H and O–H groups in total. The molecule has 116 valence electrons. The van der Waals surface area contributed by atoms with Crippen molar-refractivity contribution < 1.29 is 9.47 Å². The van der Waals surface area contributed by atoms with E-state index in [9.17, 15) is 0 Å². The van der Waals surface area contributed by atoms with Crippen LogP contribution >= 0.6 is 0 Å². The number of fused-ring (bicyclic) bond motifs is 2. The van der Waals surface area contributed by atoms with Crippen LogP contribution in [0.5, 0.6) is 11.5 Å². The van der Waals surface area contributed by atoms with Gasteiger partial charge in [-0.2, -0.15) is 0 Å². The van der Waals surface area contributed by atoms with E-state index in [0.717, 1.165) is 30.1 Å². The van der Waals surface area contributed by atoms with Gasteiger partial charge >= 0.3 is 0 Å². The second-order valence-corrected chi connectivity index (χ2v) is 6.33. The van der Waals surface area contributed by atoms with Crippen LogP contribution in [0.25, 0.3) is 0 Å². The Labute approximate surface area is 127 Å². The smallest absolute Gasteiger partial charge is 0.165 e. The summed E-state index contributed by atoms with van der Waals surface area (Å²) in [5.74, 6) is 1.68. The molecular weight excluding hydrogens is 264 g/mol. The molecule has 0 amide bonds. The Morgan fingerprint density at radius 2 is 1.86 bits per heavy atom. The molecule has 4 heteroatoms. The van der Waals surface area contributed by atoms with Gasteiger partial charge in [-0.25, -0.2) is 0 Å². The third kappa shape index (κ3) is 3.01. The minimum Gasteiger partial charge on any atom is -0.493 e. The monoisotopic (exact) mass is 290 g/mol. The van der Waals surface area contributed by atoms with Crippen LogP contribution in [-0.4, -0.2) is 44.3 Å². The fourth-order valence-electron chi connectivity index (χ4n) is 3.86. The van der Waals surface area contributed by atoms with E-state index in [-0.39, 0.29) is 0 Å². The minimum absolute atomic E-state index is 0.666. The molecule has 1 aromatic rings. The summed E-state index contributed by atoms with van der Waals surface area (Å²) < 4.78 is 10.9. The molecule has 2 saturated heterocycles. The number of piperidine rings is 1. The lowest BCUT2D eigenvalue weighted by atomic mass is 9.98. The highest BCUT2D eigenvalue weighted by molar-refractivity contribution is 5.46. The van der Waals surface area contributed by atoms with Crippen molar-refractivity contribution in [2.45, 2.75) is 50.4 Å². The van der Waals surface area contributed by atoms with Crippen LogP contribution in [0, 0.1) is 0 Å². The molecule has 2 fully saturated rings. The highest BCUT2D eigenvalue weighted by Crippen LogP contribution is 2.34. The first-order valence-electron chi connectivity index (χ1n) is 7.87. The summed E-state index contributed by atoms with van der Waals surface area (Å²) in [6.45, 7) is 0.907. The Morgan fingerprint density at radius 3 is 2.48 bits per heavy atom. The van der Waals surface area contributed by atoms with Crippen molar-refractivity contribution in [3.63, 3.8) is 0 Å². The number of rotatable bonds is 5. The number of benzene rings is 1. The number of hydrogen-bond acceptors (Lipinski definition) is 4. The minimum atomic E-state index is 0.666. The van der Waals surface area contributed by atoms with Crippen molar-refractivity contribution in [3.05, 3.63) is 23.8 Å². The Balaban J connectivity index is 1.71. The zero-order chi connectivity index (χ0) is 14.8. The van der Waals surface area contributed by atoms with Gasteiger partial charge in [0.2, 0.25) is 0 Å². The lowest BCUT2D eigenvalue weighted by Gasteiger charge is -2.35. The number of nitrogens with zero attached hydrogens (tertiary/aromatic N) is 1. The van der Waals surface area contributed by atoms with Crippen LogP contribution < -0.4 is 14.8 Å². The van der Waals surface area contributed by atoms with Gasteiger partial charge in [-0.15, -0.1) is 0 Å². The molecule has 1 aromatic carbocycles. The van der Waals surface area contributed by atoms with Gasteiger partial charge in [-0.1, -0.05) is 12.1 Å². The van der Waals surface area contributed by atoms with E-state index in [4.69, 9.17) is 9.47 Å². The largest absolute Gasteiger partial charge is 0.493 e.